The second-order valence-electron chi connectivity index (χ2n) is 13.7. The van der Waals surface area contributed by atoms with E-state index in [1.807, 2.05) is 19.1 Å². The molecule has 7 unspecified atom stereocenters. The van der Waals surface area contributed by atoms with Crippen LogP contribution in [0.5, 0.6) is 5.88 Å². The standard InChI is InChI=1S/C33H40FN5O8S/c1-18-5-3-4-6-21-16-33(21,31(42)38-48(45,46)24-9-10-24)37-28(40)26-15-23(17-39(26)30(41)27(19(2)13-18)36-32(43)44)47-29-25-14-22(34)8-7-20(25)11-12-35-29/h4,6-8,11-12,14,18-19,21,23-24,26-27,36H,3,5,9-10,13,15-17H2,1-2H3,(H,37,40)(H,38,42)(H,43,44). The van der Waals surface area contributed by atoms with Crippen molar-refractivity contribution in [2.24, 2.45) is 17.8 Å². The van der Waals surface area contributed by atoms with Crippen molar-refractivity contribution in [3.63, 3.8) is 0 Å². The number of fused-ring (bicyclic) bond motifs is 3. The number of pyridine rings is 1. The summed E-state index contributed by atoms with van der Waals surface area (Å²) in [4.78, 5) is 59.3. The first-order valence-corrected chi connectivity index (χ1v) is 17.9. The number of aromatic nitrogens is 1. The van der Waals surface area contributed by atoms with E-state index < -0.39 is 80.5 Å². The number of ether oxygens (including phenoxy) is 1. The van der Waals surface area contributed by atoms with Gasteiger partial charge in [0, 0.05) is 23.9 Å². The van der Waals surface area contributed by atoms with Gasteiger partial charge in [0.15, 0.2) is 0 Å². The van der Waals surface area contributed by atoms with Gasteiger partial charge in [-0.05, 0) is 73.9 Å². The molecule has 1 saturated heterocycles. The van der Waals surface area contributed by atoms with E-state index in [0.29, 0.717) is 36.5 Å². The highest BCUT2D eigenvalue weighted by Gasteiger charge is 2.62. The van der Waals surface area contributed by atoms with E-state index >= 15 is 0 Å². The Morgan fingerprint density at radius 1 is 1.15 bits per heavy atom. The van der Waals surface area contributed by atoms with Crippen LogP contribution < -0.4 is 20.1 Å². The van der Waals surface area contributed by atoms with Crippen molar-refractivity contribution in [1.29, 1.82) is 0 Å². The normalized spacial score (nSPS) is 31.1. The average molecular weight is 686 g/mol. The number of halogens is 1. The van der Waals surface area contributed by atoms with Crippen LogP contribution in [-0.4, -0.2) is 82.7 Å². The van der Waals surface area contributed by atoms with Gasteiger partial charge in [0.05, 0.1) is 11.8 Å². The largest absolute Gasteiger partial charge is 0.472 e. The van der Waals surface area contributed by atoms with Crippen LogP contribution in [0, 0.1) is 23.6 Å². The molecule has 258 valence electrons. The van der Waals surface area contributed by atoms with Crippen LogP contribution in [0.25, 0.3) is 10.8 Å². The number of hydrogen-bond acceptors (Lipinski definition) is 8. The van der Waals surface area contributed by atoms with E-state index in [1.54, 1.807) is 19.1 Å². The second-order valence-corrected chi connectivity index (χ2v) is 15.6. The molecule has 3 fully saturated rings. The number of allylic oxidation sites excluding steroid dienone is 1. The summed E-state index contributed by atoms with van der Waals surface area (Å²) in [5.74, 6) is -3.35. The predicted molar refractivity (Wildman–Crippen MR) is 172 cm³/mol. The Labute approximate surface area is 277 Å². The molecule has 6 rings (SSSR count). The zero-order valence-electron chi connectivity index (χ0n) is 26.7. The van der Waals surface area contributed by atoms with E-state index in [-0.39, 0.29) is 31.2 Å². The van der Waals surface area contributed by atoms with Gasteiger partial charge in [-0.1, -0.05) is 32.1 Å². The molecular formula is C33H40FN5O8S. The first kappa shape index (κ1) is 33.6. The van der Waals surface area contributed by atoms with Crippen molar-refractivity contribution in [3.05, 3.63) is 48.4 Å². The molecular weight excluding hydrogens is 645 g/mol. The third-order valence-corrected chi connectivity index (χ3v) is 11.7. The maximum absolute atomic E-state index is 14.2. The number of benzene rings is 1. The maximum atomic E-state index is 14.2. The lowest BCUT2D eigenvalue weighted by atomic mass is 9.88. The van der Waals surface area contributed by atoms with Gasteiger partial charge in [0.25, 0.3) is 5.91 Å². The highest BCUT2D eigenvalue weighted by molar-refractivity contribution is 7.91. The van der Waals surface area contributed by atoms with Crippen molar-refractivity contribution >= 4 is 44.6 Å². The van der Waals surface area contributed by atoms with Crippen LogP contribution in [0.1, 0.15) is 58.8 Å². The van der Waals surface area contributed by atoms with Gasteiger partial charge < -0.3 is 25.4 Å². The summed E-state index contributed by atoms with van der Waals surface area (Å²) < 4.78 is 48.0. The summed E-state index contributed by atoms with van der Waals surface area (Å²) in [5, 5.41) is 15.2. The van der Waals surface area contributed by atoms with Crippen LogP contribution in [0.4, 0.5) is 9.18 Å². The van der Waals surface area contributed by atoms with Gasteiger partial charge >= 0.3 is 6.09 Å². The molecule has 15 heteroatoms. The van der Waals surface area contributed by atoms with Crippen molar-refractivity contribution in [2.75, 3.05) is 6.54 Å². The Hall–Kier alpha value is -4.27. The van der Waals surface area contributed by atoms with Crippen LogP contribution in [0.15, 0.2) is 42.6 Å². The molecule has 3 heterocycles. The number of carbonyl (C=O) groups is 4. The zero-order chi connectivity index (χ0) is 34.4. The Morgan fingerprint density at radius 3 is 2.65 bits per heavy atom. The summed E-state index contributed by atoms with van der Waals surface area (Å²) in [5.41, 5.74) is -1.55. The van der Waals surface area contributed by atoms with Gasteiger partial charge in [-0.3, -0.25) is 19.1 Å². The minimum Gasteiger partial charge on any atom is -0.472 e. The SMILES string of the molecule is CC1CCC=CC2CC2(C(=O)NS(=O)(=O)C2CC2)NC(=O)C2CC(Oc3nccc4ccc(F)cc34)CN2C(=O)C(NC(=O)O)C(C)C1. The van der Waals surface area contributed by atoms with Gasteiger partial charge in [-0.25, -0.2) is 22.6 Å². The van der Waals surface area contributed by atoms with Crippen LogP contribution in [-0.2, 0) is 24.4 Å². The summed E-state index contributed by atoms with van der Waals surface area (Å²) in [6.07, 6.45) is 5.94. The van der Waals surface area contributed by atoms with E-state index in [0.717, 1.165) is 6.42 Å². The smallest absolute Gasteiger partial charge is 0.405 e. The molecule has 48 heavy (non-hydrogen) atoms. The lowest BCUT2D eigenvalue weighted by Crippen LogP contribution is -2.59. The Morgan fingerprint density at radius 2 is 1.92 bits per heavy atom. The van der Waals surface area contributed by atoms with Gasteiger partial charge in [0.2, 0.25) is 27.7 Å². The molecule has 1 aromatic heterocycles. The number of hydrogen-bond donors (Lipinski definition) is 4. The summed E-state index contributed by atoms with van der Waals surface area (Å²) >= 11 is 0. The molecule has 4 N–H and O–H groups in total. The lowest BCUT2D eigenvalue weighted by Gasteiger charge is -2.32. The quantitative estimate of drug-likeness (QED) is 0.332. The van der Waals surface area contributed by atoms with Crippen molar-refractivity contribution in [2.45, 2.75) is 87.8 Å². The van der Waals surface area contributed by atoms with E-state index in [1.165, 1.54) is 23.2 Å². The number of sulfonamides is 1. The molecule has 0 radical (unpaired) electrons. The number of carbonyl (C=O) groups excluding carboxylic acids is 3. The molecule has 2 aliphatic carbocycles. The summed E-state index contributed by atoms with van der Waals surface area (Å²) in [6, 6.07) is 3.47. The van der Waals surface area contributed by atoms with E-state index in [9.17, 15) is 37.1 Å². The molecule has 2 aromatic rings. The fraction of sp³-hybridized carbons (Fsp3) is 0.545. The predicted octanol–water partition coefficient (Wildman–Crippen LogP) is 2.85. The highest BCUT2D eigenvalue weighted by Crippen LogP contribution is 2.46. The molecule has 4 aliphatic rings. The zero-order valence-corrected chi connectivity index (χ0v) is 27.5. The number of nitrogens with zero attached hydrogens (tertiary/aromatic N) is 2. The molecule has 2 aliphatic heterocycles. The number of amides is 4. The molecule has 7 atom stereocenters. The van der Waals surface area contributed by atoms with E-state index in [4.69, 9.17) is 4.74 Å². The van der Waals surface area contributed by atoms with Gasteiger partial charge in [0.1, 0.15) is 29.5 Å². The maximum Gasteiger partial charge on any atom is 0.405 e. The Bertz CT molecular complexity index is 1770. The third kappa shape index (κ3) is 6.96. The highest BCUT2D eigenvalue weighted by atomic mass is 32.2. The fourth-order valence-electron chi connectivity index (χ4n) is 7.00. The number of nitrogens with one attached hydrogen (secondary N) is 3. The van der Waals surface area contributed by atoms with Crippen LogP contribution >= 0.6 is 0 Å². The number of rotatable bonds is 6. The molecule has 1 aromatic carbocycles. The first-order chi connectivity index (χ1) is 22.8. The van der Waals surface area contributed by atoms with Crippen molar-refractivity contribution in [3.8, 4) is 5.88 Å². The third-order valence-electron chi connectivity index (χ3n) is 9.87. The van der Waals surface area contributed by atoms with Crippen LogP contribution in [0.3, 0.4) is 0 Å². The number of carboxylic acid groups (broad SMARTS) is 1. The fourth-order valence-corrected chi connectivity index (χ4v) is 8.36. The molecule has 0 bridgehead atoms. The molecule has 13 nitrogen and oxygen atoms in total. The van der Waals surface area contributed by atoms with Crippen molar-refractivity contribution in [1.82, 2.24) is 25.2 Å². The molecule has 4 amide bonds. The average Bonchev–Trinajstić information content (AvgIpc) is 3.95. The Kier molecular flexibility index (Phi) is 9.09. The summed E-state index contributed by atoms with van der Waals surface area (Å²) in [7, 11) is -3.91. The minimum atomic E-state index is -3.91. The molecule has 2 saturated carbocycles. The lowest BCUT2D eigenvalue weighted by molar-refractivity contribution is -0.142. The van der Waals surface area contributed by atoms with Gasteiger partial charge in [-0.15, -0.1) is 0 Å². The Balaban J connectivity index is 1.34. The minimum absolute atomic E-state index is 0.0475. The molecule has 0 spiro atoms. The first-order valence-electron chi connectivity index (χ1n) is 16.3. The topological polar surface area (TPSA) is 184 Å². The monoisotopic (exact) mass is 685 g/mol. The second kappa shape index (κ2) is 13.0. The van der Waals surface area contributed by atoms with Crippen molar-refractivity contribution < 1.29 is 41.8 Å². The van der Waals surface area contributed by atoms with E-state index in [2.05, 4.69) is 20.3 Å². The van der Waals surface area contributed by atoms with Crippen LogP contribution in [0.2, 0.25) is 0 Å². The van der Waals surface area contributed by atoms with Gasteiger partial charge in [-0.2, -0.15) is 0 Å². The summed E-state index contributed by atoms with van der Waals surface area (Å²) in [6.45, 7) is 3.67.